The molecule has 1 rings (SSSR count). The van der Waals surface area contributed by atoms with Crippen molar-refractivity contribution in [3.63, 3.8) is 0 Å². The van der Waals surface area contributed by atoms with Crippen LogP contribution in [0.15, 0.2) is 21.7 Å². The quantitative estimate of drug-likeness (QED) is 0.628. The molecule has 1 aromatic heterocycles. The molecular formula is C12H18N2O2. The molecule has 0 saturated carbocycles. The Morgan fingerprint density at radius 2 is 2.19 bits per heavy atom. The molecule has 0 aromatic carbocycles. The summed E-state index contributed by atoms with van der Waals surface area (Å²) in [5.41, 5.74) is 3.18. The Kier molecular flexibility index (Phi) is 4.28. The fourth-order valence-corrected chi connectivity index (χ4v) is 1.25. The van der Waals surface area contributed by atoms with Gasteiger partial charge in [-0.05, 0) is 31.9 Å². The molecule has 0 radical (unpaired) electrons. The SMILES string of the molecule is C/C(=N\NC(=O)CC(C)C)c1ccc(C)o1. The first-order valence-corrected chi connectivity index (χ1v) is 5.39. The first-order chi connectivity index (χ1) is 7.49. The number of nitrogens with zero attached hydrogens (tertiary/aromatic N) is 1. The summed E-state index contributed by atoms with van der Waals surface area (Å²) >= 11 is 0. The summed E-state index contributed by atoms with van der Waals surface area (Å²) in [6.07, 6.45) is 0.480. The lowest BCUT2D eigenvalue weighted by atomic mass is 10.1. The standard InChI is InChI=1S/C12H18N2O2/c1-8(2)7-12(15)14-13-10(4)11-6-5-9(3)16-11/h5-6,8H,7H2,1-4H3,(H,14,15)/b13-10+. The van der Waals surface area contributed by atoms with E-state index < -0.39 is 0 Å². The highest BCUT2D eigenvalue weighted by Gasteiger charge is 2.05. The van der Waals surface area contributed by atoms with Gasteiger partial charge in [-0.3, -0.25) is 4.79 Å². The molecule has 0 spiro atoms. The van der Waals surface area contributed by atoms with Crippen molar-refractivity contribution >= 4 is 11.6 Å². The second-order valence-electron chi connectivity index (χ2n) is 4.24. The first-order valence-electron chi connectivity index (χ1n) is 5.39. The molecule has 0 aliphatic heterocycles. The molecule has 0 unspecified atom stereocenters. The summed E-state index contributed by atoms with van der Waals surface area (Å²) in [5.74, 6) is 1.78. The van der Waals surface area contributed by atoms with Crippen LogP contribution in [0.25, 0.3) is 0 Å². The van der Waals surface area contributed by atoms with E-state index in [0.29, 0.717) is 23.8 Å². The summed E-state index contributed by atoms with van der Waals surface area (Å²) in [5, 5.41) is 3.98. The Morgan fingerprint density at radius 1 is 1.50 bits per heavy atom. The van der Waals surface area contributed by atoms with Crippen LogP contribution in [0.2, 0.25) is 0 Å². The molecule has 88 valence electrons. The van der Waals surface area contributed by atoms with Gasteiger partial charge in [-0.2, -0.15) is 5.10 Å². The molecule has 0 fully saturated rings. The molecular weight excluding hydrogens is 204 g/mol. The number of amides is 1. The number of nitrogens with one attached hydrogen (secondary N) is 1. The highest BCUT2D eigenvalue weighted by Crippen LogP contribution is 2.07. The lowest BCUT2D eigenvalue weighted by molar-refractivity contribution is -0.121. The van der Waals surface area contributed by atoms with Gasteiger partial charge in [0.15, 0.2) is 0 Å². The Balaban J connectivity index is 2.54. The second kappa shape index (κ2) is 5.49. The molecule has 0 bridgehead atoms. The maximum Gasteiger partial charge on any atom is 0.240 e. The molecule has 1 aromatic rings. The predicted molar refractivity (Wildman–Crippen MR) is 63.3 cm³/mol. The van der Waals surface area contributed by atoms with Crippen LogP contribution in [0.1, 0.15) is 38.7 Å². The van der Waals surface area contributed by atoms with Gasteiger partial charge in [-0.15, -0.1) is 0 Å². The molecule has 1 amide bonds. The van der Waals surface area contributed by atoms with Crippen LogP contribution in [0.3, 0.4) is 0 Å². The van der Waals surface area contributed by atoms with Crippen LogP contribution >= 0.6 is 0 Å². The summed E-state index contributed by atoms with van der Waals surface area (Å²) in [6, 6.07) is 3.70. The summed E-state index contributed by atoms with van der Waals surface area (Å²) in [4.78, 5) is 11.3. The maximum absolute atomic E-state index is 11.3. The van der Waals surface area contributed by atoms with E-state index in [4.69, 9.17) is 4.42 Å². The minimum atomic E-state index is -0.0716. The maximum atomic E-state index is 11.3. The zero-order valence-corrected chi connectivity index (χ0v) is 10.2. The molecule has 4 heteroatoms. The van der Waals surface area contributed by atoms with Gasteiger partial charge in [0.2, 0.25) is 5.91 Å². The van der Waals surface area contributed by atoms with Crippen molar-refractivity contribution in [3.8, 4) is 0 Å². The second-order valence-corrected chi connectivity index (χ2v) is 4.24. The first kappa shape index (κ1) is 12.5. The number of hydrogen-bond donors (Lipinski definition) is 1. The zero-order valence-electron chi connectivity index (χ0n) is 10.2. The molecule has 0 saturated heterocycles. The van der Waals surface area contributed by atoms with Crippen molar-refractivity contribution in [2.45, 2.75) is 34.1 Å². The third-order valence-electron chi connectivity index (χ3n) is 2.04. The monoisotopic (exact) mass is 222 g/mol. The van der Waals surface area contributed by atoms with Crippen LogP contribution in [-0.2, 0) is 4.79 Å². The van der Waals surface area contributed by atoms with Crippen LogP contribution < -0.4 is 5.43 Å². The van der Waals surface area contributed by atoms with E-state index in [1.807, 2.05) is 32.9 Å². The van der Waals surface area contributed by atoms with E-state index in [2.05, 4.69) is 10.5 Å². The minimum absolute atomic E-state index is 0.0716. The van der Waals surface area contributed by atoms with Crippen molar-refractivity contribution < 1.29 is 9.21 Å². The Hall–Kier alpha value is -1.58. The molecule has 1 N–H and O–H groups in total. The van der Waals surface area contributed by atoms with Crippen molar-refractivity contribution in [2.75, 3.05) is 0 Å². The van der Waals surface area contributed by atoms with Crippen LogP contribution in [0, 0.1) is 12.8 Å². The highest BCUT2D eigenvalue weighted by molar-refractivity contribution is 5.96. The number of carbonyl (C=O) groups is 1. The summed E-state index contributed by atoms with van der Waals surface area (Å²) in [6.45, 7) is 7.65. The number of rotatable bonds is 4. The number of carbonyl (C=O) groups excluding carboxylic acids is 1. The third-order valence-corrected chi connectivity index (χ3v) is 2.04. The topological polar surface area (TPSA) is 54.6 Å². The zero-order chi connectivity index (χ0) is 12.1. The van der Waals surface area contributed by atoms with E-state index in [1.54, 1.807) is 6.92 Å². The van der Waals surface area contributed by atoms with E-state index in [0.717, 1.165) is 5.76 Å². The largest absolute Gasteiger partial charge is 0.460 e. The molecule has 1 heterocycles. The predicted octanol–water partition coefficient (Wildman–Crippen LogP) is 2.47. The average Bonchev–Trinajstić information content (AvgIpc) is 2.60. The van der Waals surface area contributed by atoms with Gasteiger partial charge in [-0.1, -0.05) is 13.8 Å². The normalized spacial score (nSPS) is 11.9. The third kappa shape index (κ3) is 3.88. The van der Waals surface area contributed by atoms with Gasteiger partial charge >= 0.3 is 0 Å². The Morgan fingerprint density at radius 3 is 2.69 bits per heavy atom. The molecule has 16 heavy (non-hydrogen) atoms. The highest BCUT2D eigenvalue weighted by atomic mass is 16.3. The van der Waals surface area contributed by atoms with Crippen molar-refractivity contribution in [1.29, 1.82) is 0 Å². The number of hydrazone groups is 1. The molecule has 0 aliphatic carbocycles. The number of furan rings is 1. The Bertz CT molecular complexity index is 391. The van der Waals surface area contributed by atoms with Gasteiger partial charge in [0, 0.05) is 6.42 Å². The molecule has 4 nitrogen and oxygen atoms in total. The van der Waals surface area contributed by atoms with E-state index in [9.17, 15) is 4.79 Å². The average molecular weight is 222 g/mol. The minimum Gasteiger partial charge on any atom is -0.460 e. The van der Waals surface area contributed by atoms with Gasteiger partial charge in [0.1, 0.15) is 17.2 Å². The Labute approximate surface area is 95.7 Å². The molecule has 0 atom stereocenters. The van der Waals surface area contributed by atoms with Gasteiger partial charge < -0.3 is 4.42 Å². The van der Waals surface area contributed by atoms with Gasteiger partial charge in [-0.25, -0.2) is 5.43 Å². The lowest BCUT2D eigenvalue weighted by Crippen LogP contribution is -2.20. The van der Waals surface area contributed by atoms with Crippen molar-refractivity contribution in [2.24, 2.45) is 11.0 Å². The lowest BCUT2D eigenvalue weighted by Gasteiger charge is -2.03. The van der Waals surface area contributed by atoms with Gasteiger partial charge in [0.25, 0.3) is 0 Å². The smallest absolute Gasteiger partial charge is 0.240 e. The number of aryl methyl sites for hydroxylation is 1. The van der Waals surface area contributed by atoms with E-state index in [1.165, 1.54) is 0 Å². The van der Waals surface area contributed by atoms with Crippen LogP contribution in [-0.4, -0.2) is 11.6 Å². The number of hydrogen-bond acceptors (Lipinski definition) is 3. The fourth-order valence-electron chi connectivity index (χ4n) is 1.25. The van der Waals surface area contributed by atoms with E-state index in [-0.39, 0.29) is 5.91 Å². The van der Waals surface area contributed by atoms with Crippen molar-refractivity contribution in [1.82, 2.24) is 5.43 Å². The van der Waals surface area contributed by atoms with Gasteiger partial charge in [0.05, 0.1) is 0 Å². The summed E-state index contributed by atoms with van der Waals surface area (Å²) < 4.78 is 5.38. The van der Waals surface area contributed by atoms with Crippen molar-refractivity contribution in [3.05, 3.63) is 23.7 Å². The summed E-state index contributed by atoms with van der Waals surface area (Å²) in [7, 11) is 0. The fraction of sp³-hybridized carbons (Fsp3) is 0.500. The van der Waals surface area contributed by atoms with Crippen LogP contribution in [0.5, 0.6) is 0 Å². The van der Waals surface area contributed by atoms with E-state index >= 15 is 0 Å². The van der Waals surface area contributed by atoms with Crippen LogP contribution in [0.4, 0.5) is 0 Å². The molecule has 0 aliphatic rings.